The lowest BCUT2D eigenvalue weighted by molar-refractivity contribution is -0.117. The smallest absolute Gasteiger partial charge is 0.244 e. The number of nitrogens with one attached hydrogen (secondary N) is 1. The van der Waals surface area contributed by atoms with Crippen LogP contribution in [0.3, 0.4) is 0 Å². The molecule has 2 unspecified atom stereocenters. The maximum absolute atomic E-state index is 11.8. The van der Waals surface area contributed by atoms with Crippen molar-refractivity contribution in [1.82, 2.24) is 5.32 Å². The minimum atomic E-state index is -0.111. The summed E-state index contributed by atoms with van der Waals surface area (Å²) in [6.45, 7) is 0.145. The summed E-state index contributed by atoms with van der Waals surface area (Å²) in [4.78, 5) is 11.8. The van der Waals surface area contributed by atoms with Crippen LogP contribution in [0.2, 0.25) is 5.02 Å². The van der Waals surface area contributed by atoms with E-state index in [0.717, 1.165) is 24.8 Å². The van der Waals surface area contributed by atoms with Gasteiger partial charge >= 0.3 is 0 Å². The molecular weight excluding hydrogens is 262 g/mol. The van der Waals surface area contributed by atoms with Gasteiger partial charge in [-0.05, 0) is 36.6 Å². The molecule has 0 heterocycles. The fourth-order valence-electron chi connectivity index (χ4n) is 2.42. The molecule has 1 aromatic carbocycles. The minimum absolute atomic E-state index is 0.104. The highest BCUT2D eigenvalue weighted by molar-refractivity contribution is 6.30. The van der Waals surface area contributed by atoms with Crippen molar-refractivity contribution >= 4 is 23.6 Å². The Morgan fingerprint density at radius 1 is 1.37 bits per heavy atom. The van der Waals surface area contributed by atoms with E-state index in [2.05, 4.69) is 5.32 Å². The van der Waals surface area contributed by atoms with E-state index in [4.69, 9.17) is 11.6 Å². The highest BCUT2D eigenvalue weighted by Gasteiger charge is 2.27. The van der Waals surface area contributed by atoms with Crippen molar-refractivity contribution in [1.29, 1.82) is 0 Å². The van der Waals surface area contributed by atoms with Crippen molar-refractivity contribution in [2.24, 2.45) is 5.92 Å². The molecule has 2 atom stereocenters. The molecule has 0 spiro atoms. The first-order valence-electron chi connectivity index (χ1n) is 6.54. The molecule has 1 aromatic rings. The molecule has 1 aliphatic carbocycles. The Labute approximate surface area is 118 Å². The van der Waals surface area contributed by atoms with E-state index in [0.29, 0.717) is 5.02 Å². The Morgan fingerprint density at radius 3 is 2.79 bits per heavy atom. The maximum atomic E-state index is 11.8. The van der Waals surface area contributed by atoms with Crippen LogP contribution in [0, 0.1) is 5.92 Å². The fourth-order valence-corrected chi connectivity index (χ4v) is 2.55. The van der Waals surface area contributed by atoms with E-state index >= 15 is 0 Å². The lowest BCUT2D eigenvalue weighted by Crippen LogP contribution is -2.37. The summed E-state index contributed by atoms with van der Waals surface area (Å²) in [5.74, 6) is 0.0909. The average Bonchev–Trinajstić information content (AvgIpc) is 2.85. The average molecular weight is 280 g/mol. The number of aliphatic hydroxyl groups is 1. The molecule has 1 saturated carbocycles. The Bertz CT molecular complexity index is 456. The predicted molar refractivity (Wildman–Crippen MR) is 76.8 cm³/mol. The molecule has 1 amide bonds. The van der Waals surface area contributed by atoms with E-state index in [-0.39, 0.29) is 24.5 Å². The van der Waals surface area contributed by atoms with Gasteiger partial charge < -0.3 is 10.4 Å². The van der Waals surface area contributed by atoms with Gasteiger partial charge in [-0.3, -0.25) is 4.79 Å². The zero-order valence-electron chi connectivity index (χ0n) is 10.7. The summed E-state index contributed by atoms with van der Waals surface area (Å²) in [5, 5.41) is 12.8. The molecule has 1 fully saturated rings. The Hall–Kier alpha value is -1.32. The van der Waals surface area contributed by atoms with Gasteiger partial charge in [0.25, 0.3) is 0 Å². The highest BCUT2D eigenvalue weighted by Crippen LogP contribution is 2.24. The van der Waals surface area contributed by atoms with Crippen LogP contribution in [-0.2, 0) is 4.79 Å². The molecule has 0 aliphatic heterocycles. The van der Waals surface area contributed by atoms with Gasteiger partial charge in [-0.25, -0.2) is 0 Å². The first-order chi connectivity index (χ1) is 9.19. The van der Waals surface area contributed by atoms with Gasteiger partial charge in [0.05, 0.1) is 0 Å². The standard InChI is InChI=1S/C15H18ClNO2/c16-13-7-4-11(5-8-13)6-9-15(19)17-14-3-1-2-12(14)10-18/h4-9,12,14,18H,1-3,10H2,(H,17,19)/b9-6+. The third kappa shape index (κ3) is 4.08. The lowest BCUT2D eigenvalue weighted by Gasteiger charge is -2.17. The first kappa shape index (κ1) is 14.1. The second-order valence-corrected chi connectivity index (χ2v) is 5.31. The quantitative estimate of drug-likeness (QED) is 0.833. The Morgan fingerprint density at radius 2 is 2.11 bits per heavy atom. The Kier molecular flexibility index (Phi) is 5.00. The monoisotopic (exact) mass is 279 g/mol. The van der Waals surface area contributed by atoms with Gasteiger partial charge in [-0.2, -0.15) is 0 Å². The molecular formula is C15H18ClNO2. The van der Waals surface area contributed by atoms with Crippen molar-refractivity contribution < 1.29 is 9.90 Å². The first-order valence-corrected chi connectivity index (χ1v) is 6.92. The second kappa shape index (κ2) is 6.73. The van der Waals surface area contributed by atoms with Gasteiger partial charge in [0.2, 0.25) is 5.91 Å². The van der Waals surface area contributed by atoms with E-state index < -0.39 is 0 Å². The SMILES string of the molecule is O=C(/C=C/c1ccc(Cl)cc1)NC1CCCC1CO. The summed E-state index contributed by atoms with van der Waals surface area (Å²) >= 11 is 5.79. The third-order valence-electron chi connectivity index (χ3n) is 3.52. The van der Waals surface area contributed by atoms with E-state index in [1.54, 1.807) is 18.2 Å². The number of carbonyl (C=O) groups excluding carboxylic acids is 1. The van der Waals surface area contributed by atoms with Gasteiger partial charge in [-0.15, -0.1) is 0 Å². The van der Waals surface area contributed by atoms with Gasteiger partial charge in [0.15, 0.2) is 0 Å². The van der Waals surface area contributed by atoms with E-state index in [1.165, 1.54) is 6.08 Å². The number of carbonyl (C=O) groups is 1. The van der Waals surface area contributed by atoms with Gasteiger partial charge in [-0.1, -0.05) is 30.2 Å². The number of halogens is 1. The molecule has 3 nitrogen and oxygen atoms in total. The van der Waals surface area contributed by atoms with Crippen molar-refractivity contribution in [3.63, 3.8) is 0 Å². The van der Waals surface area contributed by atoms with E-state index in [1.807, 2.05) is 12.1 Å². The molecule has 19 heavy (non-hydrogen) atoms. The molecule has 0 radical (unpaired) electrons. The van der Waals surface area contributed by atoms with Crippen molar-refractivity contribution in [3.05, 3.63) is 40.9 Å². The normalized spacial score (nSPS) is 22.8. The Balaban J connectivity index is 1.88. The largest absolute Gasteiger partial charge is 0.396 e. The minimum Gasteiger partial charge on any atom is -0.396 e. The zero-order chi connectivity index (χ0) is 13.7. The summed E-state index contributed by atoms with van der Waals surface area (Å²) < 4.78 is 0. The molecule has 2 rings (SSSR count). The summed E-state index contributed by atoms with van der Waals surface area (Å²) in [5.41, 5.74) is 0.935. The molecule has 1 aliphatic rings. The van der Waals surface area contributed by atoms with Crippen molar-refractivity contribution in [2.45, 2.75) is 25.3 Å². The molecule has 2 N–H and O–H groups in total. The molecule has 0 aromatic heterocycles. The summed E-state index contributed by atoms with van der Waals surface area (Å²) in [7, 11) is 0. The summed E-state index contributed by atoms with van der Waals surface area (Å²) in [6, 6.07) is 7.40. The van der Waals surface area contributed by atoms with Crippen LogP contribution < -0.4 is 5.32 Å². The van der Waals surface area contributed by atoms with Crippen LogP contribution in [0.1, 0.15) is 24.8 Å². The van der Waals surface area contributed by atoms with Crippen LogP contribution in [0.4, 0.5) is 0 Å². The number of aliphatic hydroxyl groups excluding tert-OH is 1. The molecule has 4 heteroatoms. The second-order valence-electron chi connectivity index (χ2n) is 4.87. The predicted octanol–water partition coefficient (Wildman–Crippen LogP) is 2.63. The van der Waals surface area contributed by atoms with Crippen LogP contribution in [-0.4, -0.2) is 23.7 Å². The van der Waals surface area contributed by atoms with Crippen LogP contribution in [0.5, 0.6) is 0 Å². The van der Waals surface area contributed by atoms with Crippen LogP contribution >= 0.6 is 11.6 Å². The molecule has 0 bridgehead atoms. The number of benzene rings is 1. The van der Waals surface area contributed by atoms with Crippen molar-refractivity contribution in [2.75, 3.05) is 6.61 Å². The van der Waals surface area contributed by atoms with Crippen LogP contribution in [0.25, 0.3) is 6.08 Å². The number of hydrogen-bond donors (Lipinski definition) is 2. The fraction of sp³-hybridized carbons (Fsp3) is 0.400. The highest BCUT2D eigenvalue weighted by atomic mass is 35.5. The molecule has 0 saturated heterocycles. The third-order valence-corrected chi connectivity index (χ3v) is 3.77. The molecule has 102 valence electrons. The number of hydrogen-bond acceptors (Lipinski definition) is 2. The number of rotatable bonds is 4. The van der Waals surface area contributed by atoms with Gasteiger partial charge in [0.1, 0.15) is 0 Å². The van der Waals surface area contributed by atoms with Gasteiger partial charge in [0, 0.05) is 29.7 Å². The van der Waals surface area contributed by atoms with Crippen molar-refractivity contribution in [3.8, 4) is 0 Å². The summed E-state index contributed by atoms with van der Waals surface area (Å²) in [6.07, 6.45) is 6.29. The van der Waals surface area contributed by atoms with Crippen LogP contribution in [0.15, 0.2) is 30.3 Å². The number of amides is 1. The lowest BCUT2D eigenvalue weighted by atomic mass is 10.1. The van der Waals surface area contributed by atoms with E-state index in [9.17, 15) is 9.90 Å². The maximum Gasteiger partial charge on any atom is 0.244 e. The topological polar surface area (TPSA) is 49.3 Å². The zero-order valence-corrected chi connectivity index (χ0v) is 11.4.